The lowest BCUT2D eigenvalue weighted by molar-refractivity contribution is 0.00688. The highest BCUT2D eigenvalue weighted by Gasteiger charge is 2.28. The number of alkyl carbamates (subject to hydrolysis) is 1. The Bertz CT molecular complexity index is 1040. The molecule has 0 fully saturated rings. The number of ether oxygens (including phenoxy) is 3. The van der Waals surface area contributed by atoms with Crippen LogP contribution in [-0.4, -0.2) is 35.4 Å². The molecule has 0 aliphatic rings. The topological polar surface area (TPSA) is 86.8 Å². The van der Waals surface area contributed by atoms with Crippen molar-refractivity contribution in [2.75, 3.05) is 7.11 Å². The van der Waals surface area contributed by atoms with Gasteiger partial charge < -0.3 is 19.5 Å². The number of carbonyl (C=O) groups excluding carboxylic acids is 2. The first-order chi connectivity index (χ1) is 16.1. The number of carbonyl (C=O) groups is 2. The van der Waals surface area contributed by atoms with Gasteiger partial charge >= 0.3 is 12.1 Å². The van der Waals surface area contributed by atoms with E-state index in [1.165, 1.54) is 0 Å². The van der Waals surface area contributed by atoms with Crippen molar-refractivity contribution in [1.82, 2.24) is 10.3 Å². The highest BCUT2D eigenvalue weighted by Crippen LogP contribution is 2.34. The number of esters is 1. The summed E-state index contributed by atoms with van der Waals surface area (Å²) in [5.41, 5.74) is 2.76. The van der Waals surface area contributed by atoms with Gasteiger partial charge in [0.2, 0.25) is 0 Å². The van der Waals surface area contributed by atoms with Crippen molar-refractivity contribution in [3.8, 4) is 16.9 Å². The molecular formula is C28H40N2O5. The normalized spacial score (nSPS) is 11.9. The number of rotatable bonds is 7. The molecule has 192 valence electrons. The molecule has 2 rings (SSSR count). The Morgan fingerprint density at radius 2 is 1.54 bits per heavy atom. The van der Waals surface area contributed by atoms with Gasteiger partial charge in [-0.1, -0.05) is 26.0 Å². The second-order valence-corrected chi connectivity index (χ2v) is 11.1. The van der Waals surface area contributed by atoms with Crippen LogP contribution in [0.2, 0.25) is 0 Å². The molecule has 1 N–H and O–H groups in total. The van der Waals surface area contributed by atoms with Crippen molar-refractivity contribution in [1.29, 1.82) is 0 Å². The summed E-state index contributed by atoms with van der Waals surface area (Å²) in [6.45, 7) is 17.1. The van der Waals surface area contributed by atoms with E-state index >= 15 is 0 Å². The van der Waals surface area contributed by atoms with Crippen molar-refractivity contribution >= 4 is 12.1 Å². The van der Waals surface area contributed by atoms with Gasteiger partial charge in [-0.2, -0.15) is 0 Å². The average molecular weight is 485 g/mol. The summed E-state index contributed by atoms with van der Waals surface area (Å²) in [5.74, 6) is 0.565. The quantitative estimate of drug-likeness (QED) is 0.468. The Balaban J connectivity index is 2.74. The highest BCUT2D eigenvalue weighted by molar-refractivity contribution is 5.99. The number of benzene rings is 1. The largest absolute Gasteiger partial charge is 0.497 e. The summed E-state index contributed by atoms with van der Waals surface area (Å²) in [6.07, 6.45) is 0.150. The molecule has 1 aromatic carbocycles. The van der Waals surface area contributed by atoms with Crippen LogP contribution in [0.5, 0.6) is 5.75 Å². The molecule has 0 saturated carbocycles. The monoisotopic (exact) mass is 484 g/mol. The smallest absolute Gasteiger partial charge is 0.407 e. The molecule has 0 saturated heterocycles. The van der Waals surface area contributed by atoms with Gasteiger partial charge in [-0.05, 0) is 78.5 Å². The van der Waals surface area contributed by atoms with Crippen LogP contribution in [0.25, 0.3) is 11.1 Å². The van der Waals surface area contributed by atoms with Crippen molar-refractivity contribution in [2.45, 2.75) is 86.5 Å². The zero-order valence-corrected chi connectivity index (χ0v) is 22.8. The Kier molecular flexibility index (Phi) is 8.93. The first kappa shape index (κ1) is 28.1. The fraction of sp³-hybridized carbons (Fsp3) is 0.536. The standard InChI is InChI=1S/C28H40N2O5/c1-17(2)15-22-21(16-29-26(32)35-28(7,8)9)24(19-11-13-20(33-10)14-12-19)23(18(3)30-22)25(31)34-27(4,5)6/h11-14,17H,15-16H2,1-10H3,(H,29,32). The summed E-state index contributed by atoms with van der Waals surface area (Å²) < 4.78 is 16.5. The number of pyridine rings is 1. The average Bonchev–Trinajstić information content (AvgIpc) is 2.69. The van der Waals surface area contributed by atoms with Gasteiger partial charge in [0, 0.05) is 23.4 Å². The van der Waals surface area contributed by atoms with Gasteiger partial charge in [0.25, 0.3) is 0 Å². The van der Waals surface area contributed by atoms with E-state index in [4.69, 9.17) is 19.2 Å². The number of amides is 1. The highest BCUT2D eigenvalue weighted by atomic mass is 16.6. The number of aryl methyl sites for hydroxylation is 1. The fourth-order valence-corrected chi connectivity index (χ4v) is 3.68. The summed E-state index contributed by atoms with van der Waals surface area (Å²) >= 11 is 0. The first-order valence-corrected chi connectivity index (χ1v) is 12.0. The summed E-state index contributed by atoms with van der Waals surface area (Å²) in [7, 11) is 1.61. The predicted octanol–water partition coefficient (Wildman–Crippen LogP) is 6.24. The maximum atomic E-state index is 13.4. The summed E-state index contributed by atoms with van der Waals surface area (Å²) in [4.78, 5) is 30.7. The van der Waals surface area contributed by atoms with Crippen molar-refractivity contribution in [2.24, 2.45) is 5.92 Å². The third-order valence-corrected chi connectivity index (χ3v) is 4.96. The van der Waals surface area contributed by atoms with Crippen LogP contribution < -0.4 is 10.1 Å². The van der Waals surface area contributed by atoms with Crippen LogP contribution in [0.4, 0.5) is 4.79 Å². The Morgan fingerprint density at radius 3 is 2.03 bits per heavy atom. The number of aromatic nitrogens is 1. The van der Waals surface area contributed by atoms with Crippen LogP contribution in [0.3, 0.4) is 0 Å². The number of nitrogens with zero attached hydrogens (tertiary/aromatic N) is 1. The third kappa shape index (κ3) is 8.26. The SMILES string of the molecule is COc1ccc(-c2c(CNC(=O)OC(C)(C)C)c(CC(C)C)nc(C)c2C(=O)OC(C)(C)C)cc1. The Labute approximate surface area is 209 Å². The molecule has 7 heteroatoms. The zero-order valence-electron chi connectivity index (χ0n) is 22.8. The molecular weight excluding hydrogens is 444 g/mol. The molecule has 0 aliphatic heterocycles. The van der Waals surface area contributed by atoms with E-state index in [-0.39, 0.29) is 6.54 Å². The van der Waals surface area contributed by atoms with Crippen molar-refractivity contribution < 1.29 is 23.8 Å². The van der Waals surface area contributed by atoms with E-state index in [2.05, 4.69) is 19.2 Å². The maximum absolute atomic E-state index is 13.4. The van der Waals surface area contributed by atoms with E-state index in [0.717, 1.165) is 16.8 Å². The van der Waals surface area contributed by atoms with Crippen molar-refractivity contribution in [3.63, 3.8) is 0 Å². The van der Waals surface area contributed by atoms with Crippen LogP contribution in [0.1, 0.15) is 82.7 Å². The Morgan fingerprint density at radius 1 is 0.971 bits per heavy atom. The van der Waals surface area contributed by atoms with Gasteiger partial charge in [-0.3, -0.25) is 4.98 Å². The molecule has 0 unspecified atom stereocenters. The van der Waals surface area contributed by atoms with Crippen LogP contribution >= 0.6 is 0 Å². The molecule has 35 heavy (non-hydrogen) atoms. The molecule has 1 amide bonds. The van der Waals surface area contributed by atoms with Crippen LogP contribution in [0, 0.1) is 12.8 Å². The predicted molar refractivity (Wildman–Crippen MR) is 138 cm³/mol. The summed E-state index contributed by atoms with van der Waals surface area (Å²) in [6, 6.07) is 7.49. The molecule has 0 radical (unpaired) electrons. The first-order valence-electron chi connectivity index (χ1n) is 12.0. The summed E-state index contributed by atoms with van der Waals surface area (Å²) in [5, 5.41) is 2.86. The number of hydrogen-bond donors (Lipinski definition) is 1. The molecule has 0 aliphatic carbocycles. The third-order valence-electron chi connectivity index (χ3n) is 4.96. The van der Waals surface area contributed by atoms with Gasteiger partial charge in [0.1, 0.15) is 17.0 Å². The second kappa shape index (κ2) is 11.1. The zero-order chi connectivity index (χ0) is 26.6. The van der Waals surface area contributed by atoms with Crippen LogP contribution in [0.15, 0.2) is 24.3 Å². The number of nitrogens with one attached hydrogen (secondary N) is 1. The van der Waals surface area contributed by atoms with Gasteiger partial charge in [0.05, 0.1) is 18.4 Å². The van der Waals surface area contributed by atoms with Gasteiger partial charge in [-0.25, -0.2) is 9.59 Å². The van der Waals surface area contributed by atoms with E-state index in [0.29, 0.717) is 34.9 Å². The van der Waals surface area contributed by atoms with E-state index in [9.17, 15) is 9.59 Å². The molecule has 2 aromatic rings. The molecule has 1 heterocycles. The van der Waals surface area contributed by atoms with Gasteiger partial charge in [-0.15, -0.1) is 0 Å². The molecule has 0 spiro atoms. The fourth-order valence-electron chi connectivity index (χ4n) is 3.68. The van der Waals surface area contributed by atoms with Gasteiger partial charge in [0.15, 0.2) is 0 Å². The van der Waals surface area contributed by atoms with Crippen molar-refractivity contribution in [3.05, 3.63) is 46.8 Å². The minimum atomic E-state index is -0.674. The molecule has 0 bridgehead atoms. The minimum absolute atomic E-state index is 0.154. The lowest BCUT2D eigenvalue weighted by atomic mass is 9.90. The lowest BCUT2D eigenvalue weighted by Gasteiger charge is -2.25. The molecule has 7 nitrogen and oxygen atoms in total. The second-order valence-electron chi connectivity index (χ2n) is 11.1. The van der Waals surface area contributed by atoms with Crippen LogP contribution in [-0.2, 0) is 22.4 Å². The van der Waals surface area contributed by atoms with E-state index in [1.807, 2.05) is 72.7 Å². The molecule has 0 atom stereocenters. The maximum Gasteiger partial charge on any atom is 0.407 e. The number of hydrogen-bond acceptors (Lipinski definition) is 6. The molecule has 1 aromatic heterocycles. The minimum Gasteiger partial charge on any atom is -0.497 e. The number of methoxy groups -OCH3 is 1. The Hall–Kier alpha value is -3.09. The van der Waals surface area contributed by atoms with E-state index < -0.39 is 23.3 Å². The lowest BCUT2D eigenvalue weighted by Crippen LogP contribution is -2.33. The van der Waals surface area contributed by atoms with E-state index in [1.54, 1.807) is 7.11 Å².